The van der Waals surface area contributed by atoms with Crippen LogP contribution >= 0.6 is 0 Å². The third-order valence-electron chi connectivity index (χ3n) is 15.0. The minimum absolute atomic E-state index is 0.0888. The molecule has 3 aliphatic rings. The van der Waals surface area contributed by atoms with E-state index in [-0.39, 0.29) is 5.41 Å². The number of aryl methyl sites for hydroxylation is 6. The van der Waals surface area contributed by atoms with Gasteiger partial charge in [-0.3, -0.25) is 0 Å². The fourth-order valence-electron chi connectivity index (χ4n) is 11.1. The Bertz CT molecular complexity index is 3130. The van der Waals surface area contributed by atoms with Crippen LogP contribution < -0.4 is 0 Å². The average molecular weight is 963 g/mol. The SMILES string of the molecule is CC.CC.CCc1ccccc1.Cc1ccc2c(c1)C(C)(C)c1cc(C)c3ccccc3c1-2.Cc1ccc2c(c1)C(C)Cc1ccccc1-2.Cc1cccc(C2CCCCC2)c1.Cc1cccc2ccccc12. The second-order valence-electron chi connectivity index (χ2n) is 20.6. The maximum Gasteiger partial charge on any atom is 0.0159 e. The van der Waals surface area contributed by atoms with Crippen molar-refractivity contribution in [2.45, 2.75) is 152 Å². The zero-order valence-corrected chi connectivity index (χ0v) is 47.0. The van der Waals surface area contributed by atoms with Gasteiger partial charge in [0.2, 0.25) is 0 Å². The molecule has 0 heteroatoms. The van der Waals surface area contributed by atoms with Crippen LogP contribution in [0.25, 0.3) is 43.8 Å². The molecular formula is C73H86. The van der Waals surface area contributed by atoms with Gasteiger partial charge in [-0.15, -0.1) is 0 Å². The maximum absolute atomic E-state index is 2.40. The van der Waals surface area contributed by atoms with Crippen molar-refractivity contribution >= 4 is 21.5 Å². The molecule has 1 saturated carbocycles. The van der Waals surface area contributed by atoms with Gasteiger partial charge >= 0.3 is 0 Å². The van der Waals surface area contributed by atoms with Crippen molar-refractivity contribution in [1.82, 2.24) is 0 Å². The number of fused-ring (bicyclic) bond motifs is 9. The quantitative estimate of drug-likeness (QED) is 0.162. The Kier molecular flexibility index (Phi) is 20.6. The summed E-state index contributed by atoms with van der Waals surface area (Å²) in [6.45, 7) is 28.1. The van der Waals surface area contributed by atoms with Gasteiger partial charge in [-0.2, -0.15) is 0 Å². The number of benzene rings is 9. The second-order valence-corrected chi connectivity index (χ2v) is 20.6. The summed E-state index contributed by atoms with van der Waals surface area (Å²) < 4.78 is 0. The van der Waals surface area contributed by atoms with Crippen LogP contribution in [0.15, 0.2) is 188 Å². The molecule has 12 rings (SSSR count). The minimum Gasteiger partial charge on any atom is -0.0683 e. The fourth-order valence-corrected chi connectivity index (χ4v) is 11.1. The molecule has 0 amide bonds. The fraction of sp³-hybridized carbons (Fsp3) is 0.315. The van der Waals surface area contributed by atoms with E-state index in [0.717, 1.165) is 12.3 Å². The lowest BCUT2D eigenvalue weighted by Gasteiger charge is -2.25. The van der Waals surface area contributed by atoms with Crippen molar-refractivity contribution in [2.24, 2.45) is 0 Å². The summed E-state index contributed by atoms with van der Waals surface area (Å²) in [4.78, 5) is 0. The molecule has 0 heterocycles. The highest BCUT2D eigenvalue weighted by Crippen LogP contribution is 2.52. The topological polar surface area (TPSA) is 0 Å². The summed E-state index contributed by atoms with van der Waals surface area (Å²) in [5, 5.41) is 5.45. The van der Waals surface area contributed by atoms with Gasteiger partial charge in [0.05, 0.1) is 0 Å². The van der Waals surface area contributed by atoms with Crippen LogP contribution in [0.2, 0.25) is 0 Å². The Hall–Kier alpha value is -6.50. The lowest BCUT2D eigenvalue weighted by Crippen LogP contribution is -2.15. The normalized spacial score (nSPS) is 14.3. The lowest BCUT2D eigenvalue weighted by atomic mass is 9.79. The Morgan fingerprint density at radius 3 is 1.70 bits per heavy atom. The van der Waals surface area contributed by atoms with E-state index in [1.807, 2.05) is 33.8 Å². The molecule has 0 radical (unpaired) electrons. The molecule has 0 aromatic heterocycles. The van der Waals surface area contributed by atoms with E-state index in [0.29, 0.717) is 5.92 Å². The van der Waals surface area contributed by atoms with E-state index in [4.69, 9.17) is 0 Å². The first-order valence-electron chi connectivity index (χ1n) is 27.8. The molecule has 0 saturated heterocycles. The Morgan fingerprint density at radius 1 is 0.452 bits per heavy atom. The van der Waals surface area contributed by atoms with Crippen LogP contribution in [0.5, 0.6) is 0 Å². The maximum atomic E-state index is 2.40. The summed E-state index contributed by atoms with van der Waals surface area (Å²) in [6.07, 6.45) is 9.43. The van der Waals surface area contributed by atoms with E-state index < -0.39 is 0 Å². The zero-order chi connectivity index (χ0) is 52.5. The van der Waals surface area contributed by atoms with Crippen molar-refractivity contribution in [3.8, 4) is 22.3 Å². The van der Waals surface area contributed by atoms with Gasteiger partial charge in [0.15, 0.2) is 0 Å². The van der Waals surface area contributed by atoms with E-state index in [1.54, 1.807) is 5.56 Å². The van der Waals surface area contributed by atoms with Gasteiger partial charge in [0.25, 0.3) is 0 Å². The summed E-state index contributed by atoms with van der Waals surface area (Å²) in [5.74, 6) is 1.50. The molecular weight excluding hydrogens is 877 g/mol. The average Bonchev–Trinajstić information content (AvgIpc) is 3.65. The molecule has 0 spiro atoms. The third-order valence-corrected chi connectivity index (χ3v) is 15.0. The Morgan fingerprint density at radius 2 is 1.03 bits per heavy atom. The van der Waals surface area contributed by atoms with E-state index in [9.17, 15) is 0 Å². The largest absolute Gasteiger partial charge is 0.0683 e. The van der Waals surface area contributed by atoms with Crippen LogP contribution in [-0.4, -0.2) is 0 Å². The molecule has 0 nitrogen and oxygen atoms in total. The van der Waals surface area contributed by atoms with Crippen molar-refractivity contribution in [1.29, 1.82) is 0 Å². The Labute approximate surface area is 443 Å². The van der Waals surface area contributed by atoms with E-state index in [1.165, 1.54) is 138 Å². The highest BCUT2D eigenvalue weighted by Gasteiger charge is 2.36. The number of hydrogen-bond donors (Lipinski definition) is 0. The lowest BCUT2D eigenvalue weighted by molar-refractivity contribution is 0.443. The molecule has 3 aliphatic carbocycles. The van der Waals surface area contributed by atoms with Gasteiger partial charge in [-0.1, -0.05) is 279 Å². The van der Waals surface area contributed by atoms with Crippen LogP contribution in [-0.2, 0) is 18.3 Å². The molecule has 9 aromatic carbocycles. The van der Waals surface area contributed by atoms with Crippen molar-refractivity contribution < 1.29 is 0 Å². The van der Waals surface area contributed by atoms with Crippen LogP contribution in [0.1, 0.15) is 161 Å². The van der Waals surface area contributed by atoms with Gasteiger partial charge in [-0.25, -0.2) is 0 Å². The van der Waals surface area contributed by atoms with Gasteiger partial charge in [-0.05, 0) is 160 Å². The van der Waals surface area contributed by atoms with Crippen LogP contribution in [0.3, 0.4) is 0 Å². The molecule has 1 unspecified atom stereocenters. The zero-order valence-electron chi connectivity index (χ0n) is 47.0. The van der Waals surface area contributed by atoms with Gasteiger partial charge in [0.1, 0.15) is 0 Å². The van der Waals surface area contributed by atoms with Crippen LogP contribution in [0.4, 0.5) is 0 Å². The number of rotatable bonds is 2. The number of hydrogen-bond acceptors (Lipinski definition) is 0. The monoisotopic (exact) mass is 963 g/mol. The summed E-state index contributed by atoms with van der Waals surface area (Å²) in [5.41, 5.74) is 21.6. The predicted octanol–water partition coefficient (Wildman–Crippen LogP) is 21.6. The standard InChI is InChI=1S/C21H20.C16H16.C13H18.C11H10.C8H10.2C2H6/c1-13-9-10-17-18(11-13)21(3,4)19-12-14(2)15-7-5-6-8-16(15)20(17)19;1-11-7-8-15-14-6-4-3-5-13(14)10-12(2)16(15)9-11;1-11-6-5-9-13(10-11)12-7-3-2-4-8-12;1-9-5-4-7-10-6-2-3-8-11(9)10;1-2-8-6-4-3-5-7-8;2*1-2/h5-12H,1-4H3;3-9,12H,10H2,1-2H3;5-6,9-10,12H,2-4,7-8H2,1H3;2-8H,1H3;3-7H,2H2,1H3;2*1-2H3. The van der Waals surface area contributed by atoms with Crippen molar-refractivity contribution in [3.63, 3.8) is 0 Å². The second kappa shape index (κ2) is 27.0. The smallest absolute Gasteiger partial charge is 0.0159 e. The third kappa shape index (κ3) is 13.8. The van der Waals surface area contributed by atoms with Gasteiger partial charge in [0, 0.05) is 5.41 Å². The molecule has 1 fully saturated rings. The molecule has 1 atom stereocenters. The summed E-state index contributed by atoms with van der Waals surface area (Å²) >= 11 is 0. The molecule has 9 aromatic rings. The van der Waals surface area contributed by atoms with Gasteiger partial charge < -0.3 is 0 Å². The highest BCUT2D eigenvalue weighted by atomic mass is 14.4. The van der Waals surface area contributed by atoms with Crippen LogP contribution in [0, 0.1) is 34.6 Å². The predicted molar refractivity (Wildman–Crippen MR) is 324 cm³/mol. The first-order chi connectivity index (χ1) is 35.4. The van der Waals surface area contributed by atoms with Crippen molar-refractivity contribution in [3.05, 3.63) is 249 Å². The summed E-state index contributed by atoms with van der Waals surface area (Å²) in [7, 11) is 0. The first-order valence-corrected chi connectivity index (χ1v) is 27.8. The Balaban J connectivity index is 0.000000151. The minimum atomic E-state index is 0.0888. The molecule has 0 bridgehead atoms. The van der Waals surface area contributed by atoms with E-state index >= 15 is 0 Å². The first kappa shape index (κ1) is 55.8. The molecule has 73 heavy (non-hydrogen) atoms. The van der Waals surface area contributed by atoms with E-state index in [2.05, 4.69) is 244 Å². The molecule has 0 aliphatic heterocycles. The highest BCUT2D eigenvalue weighted by molar-refractivity contribution is 6.03. The van der Waals surface area contributed by atoms with Crippen molar-refractivity contribution in [2.75, 3.05) is 0 Å². The molecule has 378 valence electrons. The summed E-state index contributed by atoms with van der Waals surface area (Å²) in [6, 6.07) is 68.0. The molecule has 0 N–H and O–H groups in total.